The van der Waals surface area contributed by atoms with Crippen molar-refractivity contribution in [3.05, 3.63) is 58.8 Å². The second-order valence-corrected chi connectivity index (χ2v) is 10.4. The minimum absolute atomic E-state index is 0.114. The zero-order valence-electron chi connectivity index (χ0n) is 22.4. The van der Waals surface area contributed by atoms with E-state index in [4.69, 9.17) is 9.47 Å². The molecule has 3 N–H and O–H groups in total. The van der Waals surface area contributed by atoms with E-state index in [0.29, 0.717) is 45.1 Å². The first kappa shape index (κ1) is 27.4. The van der Waals surface area contributed by atoms with E-state index < -0.39 is 12.4 Å². The van der Waals surface area contributed by atoms with Crippen LogP contribution >= 0.6 is 0 Å². The van der Waals surface area contributed by atoms with Gasteiger partial charge >= 0.3 is 5.97 Å². The first-order chi connectivity index (χ1) is 18.8. The number of ether oxygens (including phenoxy) is 2. The standard InChI is InChI=1S/C29H36F2N4O4/c1-18-13-26(38-2)23(21-5-8-32-28(18)21)15-35-10-9-34(17-27(30)31)16-25(35)19-3-4-22(29(36)37)24(14-19)33-20-6-11-39-12-7-20/h3-5,8,13-14,20,25,27,32-33H,6-7,9-12,15-17H2,1-2H3,(H,36,37)/t25-/m0/s1. The van der Waals surface area contributed by atoms with E-state index >= 15 is 0 Å². The lowest BCUT2D eigenvalue weighted by Crippen LogP contribution is -2.49. The monoisotopic (exact) mass is 542 g/mol. The van der Waals surface area contributed by atoms with Crippen LogP contribution in [0, 0.1) is 6.92 Å². The van der Waals surface area contributed by atoms with Crippen molar-refractivity contribution in [2.24, 2.45) is 0 Å². The number of anilines is 1. The number of hydrogen-bond acceptors (Lipinski definition) is 6. The molecule has 1 atom stereocenters. The fraction of sp³-hybridized carbons (Fsp3) is 0.483. The Hall–Kier alpha value is -3.21. The van der Waals surface area contributed by atoms with Gasteiger partial charge in [-0.1, -0.05) is 6.07 Å². The average molecular weight is 543 g/mol. The van der Waals surface area contributed by atoms with Crippen LogP contribution in [0.4, 0.5) is 14.5 Å². The summed E-state index contributed by atoms with van der Waals surface area (Å²) < 4.78 is 38.0. The first-order valence-electron chi connectivity index (χ1n) is 13.4. The third-order valence-corrected chi connectivity index (χ3v) is 7.90. The maximum absolute atomic E-state index is 13.4. The normalized spacial score (nSPS) is 19.6. The Morgan fingerprint density at radius 3 is 2.74 bits per heavy atom. The molecule has 5 rings (SSSR count). The predicted molar refractivity (Wildman–Crippen MR) is 146 cm³/mol. The Kier molecular flexibility index (Phi) is 8.34. The lowest BCUT2D eigenvalue weighted by molar-refractivity contribution is 0.0246. The van der Waals surface area contributed by atoms with E-state index in [1.807, 2.05) is 37.4 Å². The lowest BCUT2D eigenvalue weighted by atomic mass is 9.97. The number of aryl methyl sites for hydroxylation is 1. The number of nitrogens with zero attached hydrogens (tertiary/aromatic N) is 2. The molecular weight excluding hydrogens is 506 g/mol. The summed E-state index contributed by atoms with van der Waals surface area (Å²) in [5, 5.41) is 14.4. The van der Waals surface area contributed by atoms with Gasteiger partial charge in [0.15, 0.2) is 0 Å². The number of aromatic amines is 1. The van der Waals surface area contributed by atoms with Gasteiger partial charge in [-0.05, 0) is 55.2 Å². The molecule has 0 bridgehead atoms. The highest BCUT2D eigenvalue weighted by Crippen LogP contribution is 2.36. The molecule has 2 aromatic carbocycles. The highest BCUT2D eigenvalue weighted by Gasteiger charge is 2.32. The van der Waals surface area contributed by atoms with Crippen LogP contribution in [0.2, 0.25) is 0 Å². The summed E-state index contributed by atoms with van der Waals surface area (Å²) in [6.45, 7) is 5.09. The number of aromatic nitrogens is 1. The number of carboxylic acid groups (broad SMARTS) is 1. The van der Waals surface area contributed by atoms with Gasteiger partial charge in [0.2, 0.25) is 0 Å². The fourth-order valence-corrected chi connectivity index (χ4v) is 5.86. The number of hydrogen-bond donors (Lipinski definition) is 3. The number of methoxy groups -OCH3 is 1. The number of aromatic carboxylic acids is 1. The van der Waals surface area contributed by atoms with Crippen LogP contribution in [0.5, 0.6) is 5.75 Å². The van der Waals surface area contributed by atoms with Crippen LogP contribution in [0.3, 0.4) is 0 Å². The van der Waals surface area contributed by atoms with E-state index in [0.717, 1.165) is 46.2 Å². The van der Waals surface area contributed by atoms with Crippen molar-refractivity contribution in [2.45, 2.75) is 44.8 Å². The molecule has 39 heavy (non-hydrogen) atoms. The number of carbonyl (C=O) groups is 1. The van der Waals surface area contributed by atoms with Gasteiger partial charge in [-0.2, -0.15) is 0 Å². The largest absolute Gasteiger partial charge is 0.496 e. The molecule has 2 fully saturated rings. The van der Waals surface area contributed by atoms with Gasteiger partial charge in [-0.25, -0.2) is 13.6 Å². The van der Waals surface area contributed by atoms with Gasteiger partial charge < -0.3 is 24.9 Å². The molecule has 210 valence electrons. The predicted octanol–water partition coefficient (Wildman–Crippen LogP) is 4.90. The molecule has 2 saturated heterocycles. The zero-order chi connectivity index (χ0) is 27.5. The molecule has 10 heteroatoms. The topological polar surface area (TPSA) is 90.1 Å². The summed E-state index contributed by atoms with van der Waals surface area (Å²) in [7, 11) is 1.66. The van der Waals surface area contributed by atoms with Crippen molar-refractivity contribution in [1.29, 1.82) is 0 Å². The number of H-pyrrole nitrogens is 1. The minimum Gasteiger partial charge on any atom is -0.496 e. The van der Waals surface area contributed by atoms with Crippen molar-refractivity contribution in [2.75, 3.05) is 51.8 Å². The number of piperazine rings is 1. The number of alkyl halides is 2. The van der Waals surface area contributed by atoms with Crippen LogP contribution in [0.15, 0.2) is 36.5 Å². The van der Waals surface area contributed by atoms with E-state index in [1.54, 1.807) is 18.1 Å². The van der Waals surface area contributed by atoms with Gasteiger partial charge in [-0.15, -0.1) is 0 Å². The van der Waals surface area contributed by atoms with Gasteiger partial charge in [-0.3, -0.25) is 9.80 Å². The third-order valence-electron chi connectivity index (χ3n) is 7.90. The summed E-state index contributed by atoms with van der Waals surface area (Å²) in [6, 6.07) is 9.30. The van der Waals surface area contributed by atoms with Crippen molar-refractivity contribution in [3.8, 4) is 5.75 Å². The molecule has 1 aromatic heterocycles. The number of nitrogens with one attached hydrogen (secondary N) is 2. The van der Waals surface area contributed by atoms with Crippen LogP contribution in [-0.2, 0) is 11.3 Å². The summed E-state index contributed by atoms with van der Waals surface area (Å²) >= 11 is 0. The van der Waals surface area contributed by atoms with E-state index in [9.17, 15) is 18.7 Å². The smallest absolute Gasteiger partial charge is 0.337 e. The molecule has 0 unspecified atom stereocenters. The molecular formula is C29H36F2N4O4. The summed E-state index contributed by atoms with van der Waals surface area (Å²) in [6.07, 6.45) is 1.08. The lowest BCUT2D eigenvalue weighted by Gasteiger charge is -2.42. The maximum Gasteiger partial charge on any atom is 0.337 e. The SMILES string of the molecule is COc1cc(C)c2[nH]ccc2c1CN1CCN(CC(F)F)C[C@H]1c1ccc(C(=O)O)c(NC2CCOCC2)c1. The third kappa shape index (κ3) is 6.03. The Labute approximate surface area is 226 Å². The number of fused-ring (bicyclic) bond motifs is 1. The van der Waals surface area contributed by atoms with Crippen LogP contribution < -0.4 is 10.1 Å². The zero-order valence-corrected chi connectivity index (χ0v) is 22.4. The van der Waals surface area contributed by atoms with E-state index in [2.05, 4.69) is 15.2 Å². The second kappa shape index (κ2) is 11.9. The Bertz CT molecular complexity index is 1310. The van der Waals surface area contributed by atoms with Crippen LogP contribution in [-0.4, -0.2) is 84.8 Å². The molecule has 0 aliphatic carbocycles. The number of benzene rings is 2. The number of rotatable bonds is 9. The summed E-state index contributed by atoms with van der Waals surface area (Å²) in [5.74, 6) is -0.216. The second-order valence-electron chi connectivity index (χ2n) is 10.4. The highest BCUT2D eigenvalue weighted by atomic mass is 19.3. The summed E-state index contributed by atoms with van der Waals surface area (Å²) in [5.41, 5.74) is 4.82. The molecule has 2 aliphatic heterocycles. The number of carboxylic acids is 1. The number of halogens is 2. The van der Waals surface area contributed by atoms with E-state index in [1.165, 1.54) is 0 Å². The molecule has 0 radical (unpaired) electrons. The Balaban J connectivity index is 1.50. The van der Waals surface area contributed by atoms with Crippen molar-refractivity contribution < 1.29 is 28.2 Å². The summed E-state index contributed by atoms with van der Waals surface area (Å²) in [4.78, 5) is 19.4. The van der Waals surface area contributed by atoms with E-state index in [-0.39, 0.29) is 24.2 Å². The fourth-order valence-electron chi connectivity index (χ4n) is 5.86. The molecule has 0 amide bonds. The van der Waals surface area contributed by atoms with Crippen molar-refractivity contribution >= 4 is 22.6 Å². The molecule has 0 saturated carbocycles. The van der Waals surface area contributed by atoms with Crippen molar-refractivity contribution in [3.63, 3.8) is 0 Å². The highest BCUT2D eigenvalue weighted by molar-refractivity contribution is 5.94. The van der Waals surface area contributed by atoms with Crippen LogP contribution in [0.25, 0.3) is 10.9 Å². The van der Waals surface area contributed by atoms with Gasteiger partial charge in [0.05, 0.1) is 19.2 Å². The van der Waals surface area contributed by atoms with Gasteiger partial charge in [0.1, 0.15) is 5.75 Å². The first-order valence-corrected chi connectivity index (χ1v) is 13.4. The molecule has 2 aliphatic rings. The average Bonchev–Trinajstić information content (AvgIpc) is 3.42. The molecule has 3 aromatic rings. The molecule has 0 spiro atoms. The van der Waals surface area contributed by atoms with Gasteiger partial charge in [0, 0.05) is 79.8 Å². The Morgan fingerprint density at radius 2 is 2.03 bits per heavy atom. The quantitative estimate of drug-likeness (QED) is 0.355. The molecule has 3 heterocycles. The Morgan fingerprint density at radius 1 is 1.23 bits per heavy atom. The molecule has 8 nitrogen and oxygen atoms in total. The maximum atomic E-state index is 13.4. The van der Waals surface area contributed by atoms with Crippen molar-refractivity contribution in [1.82, 2.24) is 14.8 Å². The minimum atomic E-state index is -2.42. The van der Waals surface area contributed by atoms with Gasteiger partial charge in [0.25, 0.3) is 6.43 Å². The van der Waals surface area contributed by atoms with Crippen LogP contribution in [0.1, 0.15) is 45.9 Å².